The smallest absolute Gasteiger partial charge is 0.300 e. The molecule has 0 bridgehead atoms. The van der Waals surface area contributed by atoms with Crippen LogP contribution in [0.5, 0.6) is 0 Å². The molecule has 1 aliphatic rings. The number of carbonyl (C=O) groups is 4. The summed E-state index contributed by atoms with van der Waals surface area (Å²) in [6.45, 7) is 4.33. The van der Waals surface area contributed by atoms with Crippen LogP contribution < -0.4 is 11.5 Å². The van der Waals surface area contributed by atoms with E-state index < -0.39 is 23.9 Å². The number of nitrogens with two attached hydrogens (primary N) is 2. The van der Waals surface area contributed by atoms with Crippen molar-refractivity contribution in [2.45, 2.75) is 65.5 Å². The van der Waals surface area contributed by atoms with Gasteiger partial charge in [0.25, 0.3) is 23.9 Å². The maximum Gasteiger partial charge on any atom is 0.300 e. The summed E-state index contributed by atoms with van der Waals surface area (Å²) in [6, 6.07) is 0. The molecule has 8 N–H and O–H groups in total. The van der Waals surface area contributed by atoms with Crippen LogP contribution in [-0.4, -0.2) is 109 Å². The van der Waals surface area contributed by atoms with Gasteiger partial charge in [-0.15, -0.1) is 0 Å². The normalized spacial score (nSPS) is 12.4. The Morgan fingerprint density at radius 3 is 0.846 bits per heavy atom. The van der Waals surface area contributed by atoms with Crippen molar-refractivity contribution in [1.29, 1.82) is 0 Å². The van der Waals surface area contributed by atoms with E-state index in [2.05, 4.69) is 0 Å². The van der Waals surface area contributed by atoms with Crippen LogP contribution in [0, 0.1) is 0 Å². The number of rotatable bonds is 0. The molecule has 0 aromatic carbocycles. The van der Waals surface area contributed by atoms with Crippen LogP contribution in [0.15, 0.2) is 0 Å². The van der Waals surface area contributed by atoms with Crippen LogP contribution in [0.1, 0.15) is 59.8 Å². The maximum atomic E-state index is 9.00. The molecule has 1 aliphatic carbocycles. The van der Waals surface area contributed by atoms with Gasteiger partial charge in [0.2, 0.25) is 0 Å². The summed E-state index contributed by atoms with van der Waals surface area (Å²) in [5.74, 6) is -3.33. The van der Waals surface area contributed by atoms with Gasteiger partial charge >= 0.3 is 0 Å². The second-order valence-corrected chi connectivity index (χ2v) is 4.87. The molecule has 0 aromatic heterocycles. The zero-order valence-corrected chi connectivity index (χ0v) is 20.6. The maximum absolute atomic E-state index is 9.00. The fourth-order valence-corrected chi connectivity index (χ4v) is 1.21. The van der Waals surface area contributed by atoms with Gasteiger partial charge in [0.05, 0.1) is 5.66 Å². The topological polar surface area (TPSA) is 201 Å². The molecule has 1 saturated carbocycles. The molecular weight excluding hydrogens is 370 g/mol. The van der Waals surface area contributed by atoms with Crippen LogP contribution in [0.25, 0.3) is 0 Å². The van der Waals surface area contributed by atoms with Crippen LogP contribution in [0.4, 0.5) is 0 Å². The Balaban J connectivity index is -0.0000000495. The van der Waals surface area contributed by atoms with E-state index in [0.29, 0.717) is 0 Å². The third-order valence-electron chi connectivity index (χ3n) is 1.78. The molecule has 0 aliphatic heterocycles. The van der Waals surface area contributed by atoms with Crippen molar-refractivity contribution in [2.24, 2.45) is 11.5 Å². The first kappa shape index (κ1) is 40.5. The molecule has 12 heteroatoms. The number of hydrogen-bond acceptors (Lipinski definition) is 6. The van der Waals surface area contributed by atoms with Crippen molar-refractivity contribution >= 4 is 83.0 Å². The average molecular weight is 400 g/mol. The zero-order chi connectivity index (χ0) is 20.3. The van der Waals surface area contributed by atoms with Gasteiger partial charge in [-0.2, -0.15) is 0 Å². The minimum Gasteiger partial charge on any atom is -0.481 e. The van der Waals surface area contributed by atoms with Gasteiger partial charge in [0, 0.05) is 86.8 Å². The second-order valence-electron chi connectivity index (χ2n) is 4.87. The van der Waals surface area contributed by atoms with Crippen LogP contribution in [0.3, 0.4) is 0 Å². The van der Waals surface area contributed by atoms with E-state index in [1.165, 1.54) is 19.3 Å². The average Bonchev–Trinajstić information content (AvgIpc) is 2.24. The van der Waals surface area contributed by atoms with Gasteiger partial charge in [-0.3, -0.25) is 19.2 Å². The van der Waals surface area contributed by atoms with E-state index in [0.717, 1.165) is 40.5 Å². The summed E-state index contributed by atoms with van der Waals surface area (Å²) < 4.78 is 0. The van der Waals surface area contributed by atoms with Gasteiger partial charge < -0.3 is 31.9 Å². The van der Waals surface area contributed by atoms with E-state index in [1.807, 2.05) is 0 Å². The summed E-state index contributed by atoms with van der Waals surface area (Å²) >= 11 is 0. The van der Waals surface area contributed by atoms with Crippen LogP contribution in [-0.2, 0) is 19.2 Å². The van der Waals surface area contributed by atoms with Crippen molar-refractivity contribution in [1.82, 2.24) is 0 Å². The van der Waals surface area contributed by atoms with Crippen molar-refractivity contribution in [3.05, 3.63) is 0 Å². The van der Waals surface area contributed by atoms with Crippen molar-refractivity contribution < 1.29 is 39.6 Å². The first-order valence-electron chi connectivity index (χ1n) is 7.00. The molecule has 0 spiro atoms. The van der Waals surface area contributed by atoms with Gasteiger partial charge in [-0.25, -0.2) is 0 Å². The zero-order valence-electron chi connectivity index (χ0n) is 16.6. The van der Waals surface area contributed by atoms with Crippen LogP contribution >= 0.6 is 0 Å². The predicted molar refractivity (Wildman–Crippen MR) is 98.9 cm³/mol. The Bertz CT molecular complexity index is 308. The fourth-order valence-electron chi connectivity index (χ4n) is 1.21. The molecule has 10 nitrogen and oxygen atoms in total. The molecule has 0 heterocycles. The quantitative estimate of drug-likeness (QED) is 0.240. The minimum absolute atomic E-state index is 0. The third kappa shape index (κ3) is 129. The van der Waals surface area contributed by atoms with Crippen molar-refractivity contribution in [2.75, 3.05) is 0 Å². The third-order valence-corrected chi connectivity index (χ3v) is 1.78. The first-order valence-corrected chi connectivity index (χ1v) is 7.00. The predicted octanol–water partition coefficient (Wildman–Crippen LogP) is 0.166. The molecule has 0 aromatic rings. The van der Waals surface area contributed by atoms with E-state index in [9.17, 15) is 0 Å². The Kier molecular flexibility index (Phi) is 42.1. The summed E-state index contributed by atoms with van der Waals surface area (Å²) in [7, 11) is 0. The first-order chi connectivity index (χ1) is 10.6. The number of carboxylic acid groups (broad SMARTS) is 4. The van der Waals surface area contributed by atoms with E-state index in [4.69, 9.17) is 51.1 Å². The van der Waals surface area contributed by atoms with Gasteiger partial charge in [0.15, 0.2) is 0 Å². The Hall–Kier alpha value is -0.200. The number of carboxylic acids is 4. The number of hydrogen-bond donors (Lipinski definition) is 6. The largest absolute Gasteiger partial charge is 0.481 e. The monoisotopic (exact) mass is 400 g/mol. The Morgan fingerprint density at radius 1 is 0.615 bits per heavy atom. The molecule has 0 atom stereocenters. The van der Waals surface area contributed by atoms with Gasteiger partial charge in [-0.1, -0.05) is 19.3 Å². The SMILES string of the molecule is CC(=O)O.CC(=O)O.CC(=O)O.CC(=O)O.NC1(N)CCCCC1.[Na].[Na]. The molecule has 0 amide bonds. The van der Waals surface area contributed by atoms with Crippen LogP contribution in [0.2, 0.25) is 0 Å². The summed E-state index contributed by atoms with van der Waals surface area (Å²) in [5.41, 5.74) is 11.0. The molecule has 2 radical (unpaired) electrons. The minimum atomic E-state index is -0.833. The second kappa shape index (κ2) is 27.0. The van der Waals surface area contributed by atoms with E-state index in [1.54, 1.807) is 0 Å². The summed E-state index contributed by atoms with van der Waals surface area (Å²) in [6.07, 6.45) is 5.76. The summed E-state index contributed by atoms with van der Waals surface area (Å²) in [4.78, 5) is 36.0. The summed E-state index contributed by atoms with van der Waals surface area (Å²) in [5, 5.41) is 29.7. The van der Waals surface area contributed by atoms with Gasteiger partial charge in [0.1, 0.15) is 0 Å². The molecule has 0 saturated heterocycles. The Labute approximate surface area is 198 Å². The molecule has 26 heavy (non-hydrogen) atoms. The van der Waals surface area contributed by atoms with Crippen molar-refractivity contribution in [3.8, 4) is 0 Å². The molecule has 1 rings (SSSR count). The molecule has 0 unspecified atom stereocenters. The Morgan fingerprint density at radius 2 is 0.769 bits per heavy atom. The van der Waals surface area contributed by atoms with Crippen molar-refractivity contribution in [3.63, 3.8) is 0 Å². The van der Waals surface area contributed by atoms with E-state index in [-0.39, 0.29) is 64.8 Å². The molecule has 146 valence electrons. The fraction of sp³-hybridized carbons (Fsp3) is 0.714. The molecular formula is C14H30N2Na2O8. The molecule has 1 fully saturated rings. The van der Waals surface area contributed by atoms with E-state index >= 15 is 0 Å². The van der Waals surface area contributed by atoms with Gasteiger partial charge in [-0.05, 0) is 12.8 Å². The number of aliphatic carboxylic acids is 4. The standard InChI is InChI=1S/C6H14N2.4C2H4O2.2Na/c7-6(8)4-2-1-3-5-6;4*1-2(3)4;;/h1-5,7-8H2;4*1H3,(H,3,4);;.